The van der Waals surface area contributed by atoms with Gasteiger partial charge >= 0.3 is 0 Å². The molecule has 0 fully saturated rings. The van der Waals surface area contributed by atoms with Gasteiger partial charge in [0.25, 0.3) is 0 Å². The molecule has 0 aromatic heterocycles. The third kappa shape index (κ3) is 4.94. The van der Waals surface area contributed by atoms with Crippen molar-refractivity contribution in [1.29, 1.82) is 0 Å². The van der Waals surface area contributed by atoms with Crippen molar-refractivity contribution in [3.8, 4) is 39.1 Å². The van der Waals surface area contributed by atoms with E-state index in [4.69, 9.17) is 4.74 Å². The average Bonchev–Trinajstić information content (AvgIpc) is 3.47. The van der Waals surface area contributed by atoms with Crippen LogP contribution in [-0.4, -0.2) is 0 Å². The van der Waals surface area contributed by atoms with Crippen molar-refractivity contribution in [3.63, 3.8) is 0 Å². The number of rotatable bonds is 6. The predicted molar refractivity (Wildman–Crippen MR) is 223 cm³/mol. The average molecular weight is 694 g/mol. The van der Waals surface area contributed by atoms with Crippen LogP contribution < -0.4 is 9.64 Å². The third-order valence-corrected chi connectivity index (χ3v) is 11.5. The highest BCUT2D eigenvalue weighted by molar-refractivity contribution is 5.88. The zero-order valence-electron chi connectivity index (χ0n) is 30.4. The van der Waals surface area contributed by atoms with Gasteiger partial charge in [-0.2, -0.15) is 0 Å². The van der Waals surface area contributed by atoms with Gasteiger partial charge in [-0.05, 0) is 75.3 Å². The molecule has 0 saturated heterocycles. The zero-order valence-corrected chi connectivity index (χ0v) is 30.4. The molecule has 2 aliphatic rings. The van der Waals surface area contributed by atoms with Crippen molar-refractivity contribution < 1.29 is 4.74 Å². The van der Waals surface area contributed by atoms with E-state index < -0.39 is 5.60 Å². The van der Waals surface area contributed by atoms with Crippen LogP contribution in [0.5, 0.6) is 5.75 Å². The van der Waals surface area contributed by atoms with Crippen LogP contribution in [0.15, 0.2) is 200 Å². The molecular formula is C52H39NO. The van der Waals surface area contributed by atoms with Crippen molar-refractivity contribution in [2.45, 2.75) is 24.9 Å². The Morgan fingerprint density at radius 3 is 1.56 bits per heavy atom. The highest BCUT2D eigenvalue weighted by Gasteiger charge is 2.44. The molecular weight excluding hydrogens is 655 g/mol. The normalized spacial score (nSPS) is 14.2. The summed E-state index contributed by atoms with van der Waals surface area (Å²) in [4.78, 5) is 2.39. The highest BCUT2D eigenvalue weighted by Crippen LogP contribution is 2.54. The molecule has 258 valence electrons. The molecule has 0 saturated carbocycles. The second-order valence-corrected chi connectivity index (χ2v) is 14.9. The lowest BCUT2D eigenvalue weighted by atomic mass is 9.75. The topological polar surface area (TPSA) is 12.5 Å². The van der Waals surface area contributed by atoms with E-state index in [2.05, 4.69) is 219 Å². The molecule has 0 spiro atoms. The largest absolute Gasteiger partial charge is 0.472 e. The summed E-state index contributed by atoms with van der Waals surface area (Å²) in [5.74, 6) is 0.844. The summed E-state index contributed by atoms with van der Waals surface area (Å²) in [5, 5.41) is 0. The van der Waals surface area contributed by atoms with Gasteiger partial charge in [0.15, 0.2) is 5.60 Å². The van der Waals surface area contributed by atoms with Crippen LogP contribution in [-0.2, 0) is 11.0 Å². The van der Waals surface area contributed by atoms with Gasteiger partial charge < -0.3 is 9.64 Å². The molecule has 0 unspecified atom stereocenters. The van der Waals surface area contributed by atoms with Gasteiger partial charge in [-0.25, -0.2) is 0 Å². The number of ether oxygens (including phenoxy) is 1. The molecule has 10 rings (SSSR count). The van der Waals surface area contributed by atoms with Crippen LogP contribution in [0.25, 0.3) is 33.4 Å². The van der Waals surface area contributed by atoms with Gasteiger partial charge in [-0.1, -0.05) is 172 Å². The van der Waals surface area contributed by atoms with Crippen molar-refractivity contribution >= 4 is 17.1 Å². The SMILES string of the molecule is CC1(C)c2ccccc2-c2ccc(N(c3cccc(-c4ccccc4)c3)c3ccc4c(c3)OC(c3ccccc3)(c3ccccc3)c3ccccc3-4)cc21. The molecule has 0 radical (unpaired) electrons. The van der Waals surface area contributed by atoms with E-state index in [1.165, 1.54) is 38.9 Å². The van der Waals surface area contributed by atoms with Crippen LogP contribution in [0, 0.1) is 0 Å². The second kappa shape index (κ2) is 12.5. The maximum atomic E-state index is 7.50. The summed E-state index contributed by atoms with van der Waals surface area (Å²) >= 11 is 0. The quantitative estimate of drug-likeness (QED) is 0.172. The summed E-state index contributed by atoms with van der Waals surface area (Å²) in [5.41, 5.74) is 15.5. The summed E-state index contributed by atoms with van der Waals surface area (Å²) < 4.78 is 7.50. The highest BCUT2D eigenvalue weighted by atomic mass is 16.5. The van der Waals surface area contributed by atoms with Crippen LogP contribution >= 0.6 is 0 Å². The van der Waals surface area contributed by atoms with Crippen LogP contribution in [0.3, 0.4) is 0 Å². The maximum Gasteiger partial charge on any atom is 0.185 e. The molecule has 0 amide bonds. The van der Waals surface area contributed by atoms with Crippen molar-refractivity contribution in [3.05, 3.63) is 228 Å². The minimum atomic E-state index is -0.841. The standard InChI is InChI=1S/C52H39NO/c1-51(2)47-27-14-12-25-43(47)45-31-29-41(34-49(45)51)53(40-24-16-19-37(33-40)36-17-6-3-7-18-36)42-30-32-46-44-26-13-15-28-48(44)52(54-50(46)35-42,38-20-8-4-9-21-38)39-22-10-5-11-23-39/h3-35H,1-2H3. The van der Waals surface area contributed by atoms with Gasteiger partial charge in [0.1, 0.15) is 5.75 Å². The molecule has 1 aliphatic carbocycles. The van der Waals surface area contributed by atoms with Crippen LogP contribution in [0.2, 0.25) is 0 Å². The van der Waals surface area contributed by atoms with Crippen molar-refractivity contribution in [1.82, 2.24) is 0 Å². The Labute approximate surface area is 317 Å². The Balaban J connectivity index is 1.19. The fourth-order valence-electron chi connectivity index (χ4n) is 8.88. The first kappa shape index (κ1) is 32.0. The van der Waals surface area contributed by atoms with E-state index in [1.54, 1.807) is 0 Å². The van der Waals surface area contributed by atoms with E-state index in [9.17, 15) is 0 Å². The van der Waals surface area contributed by atoms with Crippen molar-refractivity contribution in [2.75, 3.05) is 4.90 Å². The predicted octanol–water partition coefficient (Wildman–Crippen LogP) is 13.5. The monoisotopic (exact) mass is 693 g/mol. The molecule has 8 aromatic rings. The Hall–Kier alpha value is -6.64. The third-order valence-electron chi connectivity index (χ3n) is 11.5. The summed E-state index contributed by atoms with van der Waals surface area (Å²) in [6.07, 6.45) is 0. The van der Waals surface area contributed by atoms with E-state index in [-0.39, 0.29) is 5.41 Å². The first-order chi connectivity index (χ1) is 26.5. The lowest BCUT2D eigenvalue weighted by Crippen LogP contribution is -2.38. The van der Waals surface area contributed by atoms with Crippen LogP contribution in [0.1, 0.15) is 41.7 Å². The molecule has 2 nitrogen and oxygen atoms in total. The molecule has 2 heteroatoms. The van der Waals surface area contributed by atoms with Gasteiger partial charge in [0.05, 0.1) is 0 Å². The molecule has 0 bridgehead atoms. The smallest absolute Gasteiger partial charge is 0.185 e. The summed E-state index contributed by atoms with van der Waals surface area (Å²) in [6, 6.07) is 72.1. The number of hydrogen-bond acceptors (Lipinski definition) is 2. The Morgan fingerprint density at radius 1 is 0.370 bits per heavy atom. The zero-order chi connectivity index (χ0) is 36.3. The minimum Gasteiger partial charge on any atom is -0.472 e. The molecule has 1 heterocycles. The molecule has 1 aliphatic heterocycles. The minimum absolute atomic E-state index is 0.132. The van der Waals surface area contributed by atoms with E-state index in [1.807, 2.05) is 0 Å². The van der Waals surface area contributed by atoms with E-state index in [0.717, 1.165) is 45.1 Å². The van der Waals surface area contributed by atoms with E-state index in [0.29, 0.717) is 0 Å². The fraction of sp³-hybridized carbons (Fsp3) is 0.0769. The van der Waals surface area contributed by atoms with Gasteiger partial charge in [0.2, 0.25) is 0 Å². The number of fused-ring (bicyclic) bond motifs is 6. The Kier molecular flexibility index (Phi) is 7.42. The second-order valence-electron chi connectivity index (χ2n) is 14.9. The lowest BCUT2D eigenvalue weighted by Gasteiger charge is -2.41. The Bertz CT molecular complexity index is 2620. The molecule has 0 N–H and O–H groups in total. The lowest BCUT2D eigenvalue weighted by molar-refractivity contribution is 0.152. The summed E-state index contributed by atoms with van der Waals surface area (Å²) in [6.45, 7) is 4.69. The van der Waals surface area contributed by atoms with Gasteiger partial charge in [0, 0.05) is 50.8 Å². The molecule has 8 aromatic carbocycles. The number of nitrogens with zero attached hydrogens (tertiary/aromatic N) is 1. The molecule has 0 atom stereocenters. The number of anilines is 3. The van der Waals surface area contributed by atoms with Gasteiger partial charge in [-0.3, -0.25) is 0 Å². The fourth-order valence-corrected chi connectivity index (χ4v) is 8.88. The number of hydrogen-bond donors (Lipinski definition) is 0. The van der Waals surface area contributed by atoms with Gasteiger partial charge in [-0.15, -0.1) is 0 Å². The number of benzene rings is 8. The molecule has 54 heavy (non-hydrogen) atoms. The Morgan fingerprint density at radius 2 is 0.870 bits per heavy atom. The van der Waals surface area contributed by atoms with Crippen molar-refractivity contribution in [2.24, 2.45) is 0 Å². The summed E-state index contributed by atoms with van der Waals surface area (Å²) in [7, 11) is 0. The first-order valence-electron chi connectivity index (χ1n) is 18.8. The van der Waals surface area contributed by atoms with Crippen LogP contribution in [0.4, 0.5) is 17.1 Å². The van der Waals surface area contributed by atoms with E-state index >= 15 is 0 Å². The first-order valence-corrected chi connectivity index (χ1v) is 18.8. The maximum absolute atomic E-state index is 7.50.